The van der Waals surface area contributed by atoms with Crippen molar-refractivity contribution in [1.82, 2.24) is 4.98 Å². The number of halogens is 2. The predicted molar refractivity (Wildman–Crippen MR) is 112 cm³/mol. The fraction of sp³-hybridized carbons (Fsp3) is 0.208. The normalized spacial score (nSPS) is 11.1. The average Bonchev–Trinajstić information content (AvgIpc) is 3.20. The van der Waals surface area contributed by atoms with Crippen LogP contribution in [-0.4, -0.2) is 11.0 Å². The van der Waals surface area contributed by atoms with Crippen LogP contribution < -0.4 is 10.4 Å². The molecule has 32 heavy (non-hydrogen) atoms. The molecule has 4 rings (SSSR count). The highest BCUT2D eigenvalue weighted by Crippen LogP contribution is 2.29. The van der Waals surface area contributed by atoms with Crippen LogP contribution >= 0.6 is 0 Å². The summed E-state index contributed by atoms with van der Waals surface area (Å²) in [5.41, 5.74) is 1.10. The number of hydrogen-bond donors (Lipinski definition) is 0. The average molecular weight is 439 g/mol. The van der Waals surface area contributed by atoms with Crippen LogP contribution in [0.5, 0.6) is 5.75 Å². The van der Waals surface area contributed by atoms with Gasteiger partial charge in [0.15, 0.2) is 11.7 Å². The monoisotopic (exact) mass is 439 g/mol. The van der Waals surface area contributed by atoms with Gasteiger partial charge in [0.25, 0.3) is 0 Å². The minimum Gasteiger partial charge on any atom is -0.441 e. The molecule has 164 valence electrons. The van der Waals surface area contributed by atoms with Crippen molar-refractivity contribution in [1.29, 1.82) is 0 Å². The molecule has 0 saturated heterocycles. The van der Waals surface area contributed by atoms with E-state index in [-0.39, 0.29) is 30.1 Å². The Morgan fingerprint density at radius 3 is 2.59 bits per heavy atom. The molecule has 0 fully saturated rings. The zero-order valence-corrected chi connectivity index (χ0v) is 17.4. The van der Waals surface area contributed by atoms with E-state index in [9.17, 15) is 18.4 Å². The maximum absolute atomic E-state index is 13.9. The second-order valence-corrected chi connectivity index (χ2v) is 7.25. The molecule has 8 heteroatoms. The summed E-state index contributed by atoms with van der Waals surface area (Å²) in [5.74, 6) is -1.69. The van der Waals surface area contributed by atoms with Crippen molar-refractivity contribution in [3.8, 4) is 17.1 Å². The van der Waals surface area contributed by atoms with Crippen molar-refractivity contribution in [2.45, 2.75) is 33.1 Å². The standard InChI is InChI=1S/C24H19F2NO5/c1-3-14-10-15-13(2)9-23(29)32-19(15)11-18(14)31-22(28)8-7-21-27-12-20(30-21)24-16(25)5-4-6-17(24)26/h4-6,9-12H,3,7-8H2,1-2H3. The van der Waals surface area contributed by atoms with Gasteiger partial charge in [0, 0.05) is 23.9 Å². The number of hydrogen-bond acceptors (Lipinski definition) is 6. The van der Waals surface area contributed by atoms with Crippen LogP contribution in [0.4, 0.5) is 8.78 Å². The molecule has 0 aliphatic carbocycles. The molecule has 2 aromatic heterocycles. The SMILES string of the molecule is CCc1cc2c(C)cc(=O)oc2cc1OC(=O)CCc1ncc(-c2c(F)cccc2F)o1. The van der Waals surface area contributed by atoms with E-state index in [0.29, 0.717) is 17.8 Å². The zero-order chi connectivity index (χ0) is 22.8. The summed E-state index contributed by atoms with van der Waals surface area (Å²) in [6.45, 7) is 3.73. The van der Waals surface area contributed by atoms with Crippen LogP contribution in [0.15, 0.2) is 56.2 Å². The van der Waals surface area contributed by atoms with E-state index in [1.54, 1.807) is 0 Å². The van der Waals surface area contributed by atoms with Crippen molar-refractivity contribution < 1.29 is 27.1 Å². The van der Waals surface area contributed by atoms with Crippen molar-refractivity contribution in [3.05, 3.63) is 81.7 Å². The molecule has 2 aromatic carbocycles. The maximum Gasteiger partial charge on any atom is 0.336 e. The molecule has 4 aromatic rings. The largest absolute Gasteiger partial charge is 0.441 e. The van der Waals surface area contributed by atoms with Crippen molar-refractivity contribution in [2.24, 2.45) is 0 Å². The number of rotatable bonds is 6. The van der Waals surface area contributed by atoms with Gasteiger partial charge in [-0.05, 0) is 42.7 Å². The van der Waals surface area contributed by atoms with E-state index in [2.05, 4.69) is 4.98 Å². The zero-order valence-electron chi connectivity index (χ0n) is 17.4. The molecule has 2 heterocycles. The number of benzene rings is 2. The predicted octanol–water partition coefficient (Wildman–Crippen LogP) is 5.14. The van der Waals surface area contributed by atoms with E-state index in [4.69, 9.17) is 13.6 Å². The molecule has 0 saturated carbocycles. The number of esters is 1. The lowest BCUT2D eigenvalue weighted by atomic mass is 10.1. The highest BCUT2D eigenvalue weighted by molar-refractivity contribution is 5.84. The molecule has 0 N–H and O–H groups in total. The van der Waals surface area contributed by atoms with Crippen LogP contribution in [0, 0.1) is 18.6 Å². The molecule has 0 amide bonds. The molecule has 6 nitrogen and oxygen atoms in total. The molecule has 0 aliphatic rings. The summed E-state index contributed by atoms with van der Waals surface area (Å²) in [7, 11) is 0. The Bertz CT molecular complexity index is 1350. The molecular weight excluding hydrogens is 420 g/mol. The molecule has 0 unspecified atom stereocenters. The molecule has 0 bridgehead atoms. The summed E-state index contributed by atoms with van der Waals surface area (Å²) in [4.78, 5) is 28.1. The van der Waals surface area contributed by atoms with Crippen LogP contribution in [-0.2, 0) is 17.6 Å². The molecule has 0 spiro atoms. The Morgan fingerprint density at radius 1 is 1.12 bits per heavy atom. The van der Waals surface area contributed by atoms with Crippen LogP contribution in [0.2, 0.25) is 0 Å². The first-order chi connectivity index (χ1) is 15.4. The molecule has 0 atom stereocenters. The van der Waals surface area contributed by atoms with Crippen molar-refractivity contribution in [2.75, 3.05) is 0 Å². The second-order valence-electron chi connectivity index (χ2n) is 7.25. The highest BCUT2D eigenvalue weighted by atomic mass is 19.1. The first-order valence-corrected chi connectivity index (χ1v) is 10.0. The van der Waals surface area contributed by atoms with Crippen LogP contribution in [0.25, 0.3) is 22.3 Å². The third-order valence-electron chi connectivity index (χ3n) is 5.04. The molecule has 0 aliphatic heterocycles. The molecular formula is C24H19F2NO5. The lowest BCUT2D eigenvalue weighted by Gasteiger charge is -2.11. The van der Waals surface area contributed by atoms with Gasteiger partial charge in [-0.2, -0.15) is 0 Å². The van der Waals surface area contributed by atoms with E-state index in [0.717, 1.165) is 28.6 Å². The smallest absolute Gasteiger partial charge is 0.336 e. The lowest BCUT2D eigenvalue weighted by Crippen LogP contribution is -2.11. The van der Waals surface area contributed by atoms with Crippen LogP contribution in [0.3, 0.4) is 0 Å². The van der Waals surface area contributed by atoms with Gasteiger partial charge < -0.3 is 13.6 Å². The minimum absolute atomic E-state index is 0.0582. The van der Waals surface area contributed by atoms with E-state index in [1.165, 1.54) is 24.4 Å². The Hall–Kier alpha value is -3.81. The summed E-state index contributed by atoms with van der Waals surface area (Å²) in [6, 6.07) is 8.27. The quantitative estimate of drug-likeness (QED) is 0.235. The van der Waals surface area contributed by atoms with Gasteiger partial charge in [0.05, 0.1) is 18.2 Å². The van der Waals surface area contributed by atoms with Gasteiger partial charge in [-0.15, -0.1) is 0 Å². The topological polar surface area (TPSA) is 82.5 Å². The highest BCUT2D eigenvalue weighted by Gasteiger charge is 2.17. The number of nitrogens with zero attached hydrogens (tertiary/aromatic N) is 1. The van der Waals surface area contributed by atoms with Crippen LogP contribution in [0.1, 0.15) is 30.4 Å². The summed E-state index contributed by atoms with van der Waals surface area (Å²) >= 11 is 0. The van der Waals surface area contributed by atoms with Gasteiger partial charge in [0.2, 0.25) is 0 Å². The van der Waals surface area contributed by atoms with E-state index < -0.39 is 23.2 Å². The van der Waals surface area contributed by atoms with Gasteiger partial charge >= 0.3 is 11.6 Å². The van der Waals surface area contributed by atoms with E-state index in [1.807, 2.05) is 19.9 Å². The first-order valence-electron chi connectivity index (χ1n) is 10.0. The third-order valence-corrected chi connectivity index (χ3v) is 5.04. The van der Waals surface area contributed by atoms with Crippen molar-refractivity contribution in [3.63, 3.8) is 0 Å². The minimum atomic E-state index is -0.766. The fourth-order valence-corrected chi connectivity index (χ4v) is 3.42. The number of aromatic nitrogens is 1. The number of carbonyl (C=O) groups excluding carboxylic acids is 1. The second kappa shape index (κ2) is 8.74. The Morgan fingerprint density at radius 2 is 1.88 bits per heavy atom. The fourth-order valence-electron chi connectivity index (χ4n) is 3.42. The van der Waals surface area contributed by atoms with Gasteiger partial charge in [-0.1, -0.05) is 13.0 Å². The van der Waals surface area contributed by atoms with Gasteiger partial charge in [0.1, 0.15) is 23.0 Å². The number of oxazole rings is 1. The first kappa shape index (κ1) is 21.4. The number of fused-ring (bicyclic) bond motifs is 1. The molecule has 0 radical (unpaired) electrons. The lowest BCUT2D eigenvalue weighted by molar-refractivity contribution is -0.134. The van der Waals surface area contributed by atoms with Gasteiger partial charge in [-0.3, -0.25) is 4.79 Å². The van der Waals surface area contributed by atoms with Gasteiger partial charge in [-0.25, -0.2) is 18.6 Å². The summed E-state index contributed by atoms with van der Waals surface area (Å²) in [5, 5.41) is 0.772. The maximum atomic E-state index is 13.9. The van der Waals surface area contributed by atoms with Crippen molar-refractivity contribution >= 4 is 16.9 Å². The Balaban J connectivity index is 1.48. The number of carbonyl (C=O) groups is 1. The Kier molecular flexibility index (Phi) is 5.85. The van der Waals surface area contributed by atoms with E-state index >= 15 is 0 Å². The Labute approximate surface area is 181 Å². The third kappa shape index (κ3) is 4.30. The summed E-state index contributed by atoms with van der Waals surface area (Å²) < 4.78 is 43.9. The number of aryl methyl sites for hydroxylation is 3. The summed E-state index contributed by atoms with van der Waals surface area (Å²) in [6.07, 6.45) is 1.83. The number of ether oxygens (including phenoxy) is 1.